The number of amides is 1. The number of furan rings is 1. The number of esters is 1. The first-order valence-corrected chi connectivity index (χ1v) is 19.5. The van der Waals surface area contributed by atoms with Crippen LogP contribution in [0.3, 0.4) is 0 Å². The van der Waals surface area contributed by atoms with E-state index in [1.165, 1.54) is 27.2 Å². The number of aliphatic hydroxyl groups is 3. The number of halogens is 1. The number of likely N-dealkylation sites (N-methyl/N-ethyl adjacent to an activating group) is 1. The van der Waals surface area contributed by atoms with Crippen LogP contribution >= 0.6 is 0 Å². The van der Waals surface area contributed by atoms with Crippen molar-refractivity contribution >= 4 is 23.4 Å². The van der Waals surface area contributed by atoms with Crippen LogP contribution in [0.1, 0.15) is 73.3 Å². The molecule has 0 bridgehead atoms. The second-order valence-electron chi connectivity index (χ2n) is 16.6. The van der Waals surface area contributed by atoms with Gasteiger partial charge in [-0.2, -0.15) is 0 Å². The molecule has 4 N–H and O–H groups in total. The van der Waals surface area contributed by atoms with Crippen molar-refractivity contribution < 1.29 is 62.3 Å². The summed E-state index contributed by atoms with van der Waals surface area (Å²) in [7, 11) is 4.92. The highest BCUT2D eigenvalue weighted by Gasteiger charge is 2.56. The molecular formula is C42H61FN2O12. The van der Waals surface area contributed by atoms with Crippen molar-refractivity contribution in [3.8, 4) is 11.3 Å². The van der Waals surface area contributed by atoms with Crippen molar-refractivity contribution in [2.24, 2.45) is 17.8 Å². The molecule has 14 nitrogen and oxygen atoms in total. The van der Waals surface area contributed by atoms with E-state index in [1.807, 2.05) is 17.0 Å². The van der Waals surface area contributed by atoms with Gasteiger partial charge in [0.15, 0.2) is 12.1 Å². The smallest absolute Gasteiger partial charge is 0.351 e. The maximum Gasteiger partial charge on any atom is 0.351 e. The third-order valence-electron chi connectivity index (χ3n) is 11.8. The fourth-order valence-corrected chi connectivity index (χ4v) is 8.22. The first-order valence-electron chi connectivity index (χ1n) is 19.5. The predicted octanol–water partition coefficient (Wildman–Crippen LogP) is 3.41. The number of methoxy groups -OCH3 is 1. The molecule has 1 aromatic carbocycles. The van der Waals surface area contributed by atoms with Gasteiger partial charge in [-0.05, 0) is 72.3 Å². The van der Waals surface area contributed by atoms with Crippen LogP contribution in [0.2, 0.25) is 0 Å². The highest BCUT2D eigenvalue weighted by Crippen LogP contribution is 2.39. The van der Waals surface area contributed by atoms with Crippen molar-refractivity contribution in [2.75, 3.05) is 27.7 Å². The van der Waals surface area contributed by atoms with E-state index in [-0.39, 0.29) is 31.9 Å². The van der Waals surface area contributed by atoms with Gasteiger partial charge in [0.1, 0.15) is 29.4 Å². The topological polar surface area (TPSA) is 194 Å². The highest BCUT2D eigenvalue weighted by atomic mass is 19.1. The fraction of sp³-hybridized carbons (Fsp3) is 0.667. The van der Waals surface area contributed by atoms with Crippen LogP contribution in [0.5, 0.6) is 0 Å². The first kappa shape index (κ1) is 46.1. The molecule has 2 aliphatic rings. The van der Waals surface area contributed by atoms with Gasteiger partial charge in [0.25, 0.3) is 5.67 Å². The molecule has 1 aromatic heterocycles. The van der Waals surface area contributed by atoms with Crippen LogP contribution in [0.25, 0.3) is 11.3 Å². The maximum absolute atomic E-state index is 16.8. The summed E-state index contributed by atoms with van der Waals surface area (Å²) in [6.45, 7) is 9.44. The summed E-state index contributed by atoms with van der Waals surface area (Å²) < 4.78 is 46.2. The fourth-order valence-electron chi connectivity index (χ4n) is 8.22. The molecule has 0 saturated carbocycles. The number of hydrogen-bond acceptors (Lipinski definition) is 13. The van der Waals surface area contributed by atoms with Gasteiger partial charge in [0, 0.05) is 49.4 Å². The summed E-state index contributed by atoms with van der Waals surface area (Å²) in [5, 5.41) is 37.4. The minimum Gasteiger partial charge on any atom is -0.464 e. The largest absolute Gasteiger partial charge is 0.464 e. The molecule has 0 radical (unpaired) electrons. The molecule has 1 amide bonds. The molecule has 4 rings (SSSR count). The number of aliphatic hydroxyl groups excluding tert-OH is 2. The lowest BCUT2D eigenvalue weighted by Crippen LogP contribution is -2.61. The number of nitrogens with one attached hydrogen (secondary N) is 1. The van der Waals surface area contributed by atoms with E-state index in [2.05, 4.69) is 5.32 Å². The number of benzene rings is 1. The summed E-state index contributed by atoms with van der Waals surface area (Å²) in [5.41, 5.74) is -5.82. The summed E-state index contributed by atoms with van der Waals surface area (Å²) >= 11 is 0. The molecule has 15 heteroatoms. The van der Waals surface area contributed by atoms with Gasteiger partial charge in [0.05, 0.1) is 36.6 Å². The average Bonchev–Trinajstić information content (AvgIpc) is 3.70. The zero-order valence-electron chi connectivity index (χ0n) is 34.7. The Morgan fingerprint density at radius 1 is 1.02 bits per heavy atom. The van der Waals surface area contributed by atoms with E-state index in [0.29, 0.717) is 23.3 Å². The monoisotopic (exact) mass is 804 g/mol. The van der Waals surface area contributed by atoms with Gasteiger partial charge in [-0.3, -0.25) is 14.4 Å². The van der Waals surface area contributed by atoms with Crippen molar-refractivity contribution in [2.45, 2.75) is 134 Å². The van der Waals surface area contributed by atoms with Crippen molar-refractivity contribution in [1.82, 2.24) is 10.2 Å². The molecule has 3 heterocycles. The molecule has 13 atom stereocenters. The Bertz CT molecular complexity index is 1700. The van der Waals surface area contributed by atoms with E-state index in [4.69, 9.17) is 23.4 Å². The van der Waals surface area contributed by atoms with Crippen LogP contribution in [-0.2, 0) is 44.5 Å². The van der Waals surface area contributed by atoms with Crippen molar-refractivity contribution in [3.05, 3.63) is 48.2 Å². The van der Waals surface area contributed by atoms with Gasteiger partial charge in [-0.15, -0.1) is 0 Å². The first-order chi connectivity index (χ1) is 26.6. The molecule has 4 unspecified atom stereocenters. The molecular weight excluding hydrogens is 743 g/mol. The number of hydrogen-bond donors (Lipinski definition) is 4. The van der Waals surface area contributed by atoms with Gasteiger partial charge >= 0.3 is 5.97 Å². The number of Topliss-reactive ketones (excluding diaryl/α,β-unsaturated/α-hetero) is 2. The van der Waals surface area contributed by atoms with Crippen molar-refractivity contribution in [3.63, 3.8) is 0 Å². The molecule has 2 aliphatic heterocycles. The third kappa shape index (κ3) is 10.2. The summed E-state index contributed by atoms with van der Waals surface area (Å²) in [5.74, 6) is -6.82. The Morgan fingerprint density at radius 2 is 1.68 bits per heavy atom. The number of ketones is 2. The maximum atomic E-state index is 16.8. The standard InChI is InChI=1S/C42H61FN2O12/c1-23-22-40(5,53-10)37(57-38-34(48)29(45(8)9)20-24(2)55-38)26(4)35(49)41(6,43)39(51)56-31(42(7,52)36(50)25(3)33(23)47)17-18-44-32(46)21-27-14-11-12-15-28(27)30-16-13-19-54-30/h11-16,19,23-26,29,31,34,36-38,48,50,52H,17-18,20-22H2,1-10H3,(H,44,46)/t23-,24?,25+,26+,29?,31-,34?,36-,37-,38?,40-,41+,42-/m1/s1. The van der Waals surface area contributed by atoms with Crippen LogP contribution in [-0.4, -0.2) is 131 Å². The number of rotatable bonds is 10. The average molecular weight is 805 g/mol. The van der Waals surface area contributed by atoms with Crippen LogP contribution < -0.4 is 5.32 Å². The number of carbonyl (C=O) groups is 4. The molecule has 0 aliphatic carbocycles. The van der Waals surface area contributed by atoms with Gasteiger partial charge in [-0.1, -0.05) is 45.0 Å². The number of nitrogens with zero attached hydrogens (tertiary/aromatic N) is 1. The third-order valence-corrected chi connectivity index (χ3v) is 11.8. The number of ether oxygens (including phenoxy) is 4. The predicted molar refractivity (Wildman–Crippen MR) is 206 cm³/mol. The molecule has 318 valence electrons. The lowest BCUT2D eigenvalue weighted by atomic mass is 9.74. The van der Waals surface area contributed by atoms with E-state index in [1.54, 1.807) is 59.1 Å². The zero-order chi connectivity index (χ0) is 42.6. The second kappa shape index (κ2) is 18.6. The van der Waals surface area contributed by atoms with Crippen LogP contribution in [0.15, 0.2) is 47.1 Å². The van der Waals surface area contributed by atoms with E-state index in [9.17, 15) is 34.5 Å². The molecule has 57 heavy (non-hydrogen) atoms. The molecule has 2 aromatic rings. The number of alkyl halides is 1. The molecule has 0 spiro atoms. The summed E-state index contributed by atoms with van der Waals surface area (Å²) in [4.78, 5) is 56.9. The van der Waals surface area contributed by atoms with Crippen LogP contribution in [0.4, 0.5) is 4.39 Å². The van der Waals surface area contributed by atoms with Gasteiger partial charge in [-0.25, -0.2) is 9.18 Å². The molecule has 2 saturated heterocycles. The Hall–Kier alpha value is -3.57. The van der Waals surface area contributed by atoms with E-state index in [0.717, 1.165) is 13.8 Å². The minimum absolute atomic E-state index is 0.0556. The summed E-state index contributed by atoms with van der Waals surface area (Å²) in [6, 6.07) is 10.3. The highest BCUT2D eigenvalue weighted by molar-refractivity contribution is 6.07. The number of cyclic esters (lactones) is 1. The number of carbonyl (C=O) groups excluding carboxylic acids is 4. The summed E-state index contributed by atoms with van der Waals surface area (Å²) in [6.07, 6.45) is -6.29. The Balaban J connectivity index is 1.65. The Morgan fingerprint density at radius 3 is 2.30 bits per heavy atom. The van der Waals surface area contributed by atoms with Crippen molar-refractivity contribution in [1.29, 1.82) is 0 Å². The zero-order valence-corrected chi connectivity index (χ0v) is 34.7. The van der Waals surface area contributed by atoms with E-state index < -0.39 is 94.8 Å². The Kier molecular flexibility index (Phi) is 15.0. The van der Waals surface area contributed by atoms with Gasteiger partial charge in [0.2, 0.25) is 5.91 Å². The quantitative estimate of drug-likeness (QED) is 0.202. The Labute approximate surface area is 334 Å². The normalized spacial score (nSPS) is 37.4. The van der Waals surface area contributed by atoms with Gasteiger partial charge < -0.3 is 48.9 Å². The van der Waals surface area contributed by atoms with E-state index >= 15 is 4.39 Å². The minimum atomic E-state index is -3.32. The lowest BCUT2D eigenvalue weighted by Gasteiger charge is -2.47. The molecule has 2 fully saturated rings. The van der Waals surface area contributed by atoms with Crippen LogP contribution in [0, 0.1) is 17.8 Å². The lowest BCUT2D eigenvalue weighted by molar-refractivity contribution is -0.295. The SMILES string of the molecule is CO[C@]1(C)C[C@@H](C)C(=O)[C@H](C)[C@@H](O)[C@](C)(O)[C@@H](CCNC(=O)Cc2ccccc2-c2ccco2)OC(=O)[C@@](C)(F)C(=O)[C@H](C)[C@H]1OC1OC(C)CC(N(C)C)C1O. The second-order valence-corrected chi connectivity index (χ2v) is 16.6.